The van der Waals surface area contributed by atoms with E-state index in [1.165, 1.54) is 53.7 Å². The zero-order chi connectivity index (χ0) is 21.4. The number of rotatable bonds is 3. The van der Waals surface area contributed by atoms with Crippen molar-refractivity contribution in [3.8, 4) is 5.75 Å². The summed E-state index contributed by atoms with van der Waals surface area (Å²) >= 11 is 12.1. The number of aliphatic hydroxyl groups excluding tert-OH is 1. The highest BCUT2D eigenvalue weighted by Crippen LogP contribution is 2.43. The van der Waals surface area contributed by atoms with Crippen molar-refractivity contribution in [2.45, 2.75) is 6.04 Å². The molecular weight excluding hydrogens is 427 g/mol. The number of benzene rings is 2. The highest BCUT2D eigenvalue weighted by atomic mass is 35.5. The van der Waals surface area contributed by atoms with E-state index in [4.69, 9.17) is 23.2 Å². The van der Waals surface area contributed by atoms with Crippen molar-refractivity contribution in [2.24, 2.45) is 0 Å². The molecule has 1 amide bonds. The van der Waals surface area contributed by atoms with E-state index in [2.05, 4.69) is 4.98 Å². The number of hydrogen-bond donors (Lipinski definition) is 2. The zero-order valence-electron chi connectivity index (χ0n) is 15.3. The number of nitrogens with zero attached hydrogens (tertiary/aromatic N) is 2. The molecule has 1 aromatic heterocycles. The summed E-state index contributed by atoms with van der Waals surface area (Å²) in [6, 6.07) is 12.8. The third kappa shape index (κ3) is 3.40. The molecule has 1 aliphatic rings. The van der Waals surface area contributed by atoms with Gasteiger partial charge in [-0.2, -0.15) is 0 Å². The summed E-state index contributed by atoms with van der Waals surface area (Å²) in [6.45, 7) is 0. The van der Waals surface area contributed by atoms with Crippen molar-refractivity contribution in [3.63, 3.8) is 0 Å². The quantitative estimate of drug-likeness (QED) is 0.349. The lowest BCUT2D eigenvalue weighted by Gasteiger charge is -2.25. The van der Waals surface area contributed by atoms with E-state index in [0.29, 0.717) is 21.8 Å². The predicted octanol–water partition coefficient (Wildman–Crippen LogP) is 4.72. The van der Waals surface area contributed by atoms with Crippen molar-refractivity contribution in [1.29, 1.82) is 0 Å². The molecule has 3 aromatic rings. The SMILES string of the molecule is O=C1C(=O)N(c2ccc(Cl)c(Cl)c2)C(c2cccc(O)c2)/C1=C(\O)c1ccncc1. The molecule has 0 radical (unpaired) electrons. The molecule has 2 aromatic carbocycles. The monoisotopic (exact) mass is 440 g/mol. The molecule has 0 bridgehead atoms. The first-order chi connectivity index (χ1) is 14.4. The molecule has 0 aliphatic carbocycles. The van der Waals surface area contributed by atoms with Crippen LogP contribution in [0.2, 0.25) is 10.0 Å². The number of aromatic nitrogens is 1. The summed E-state index contributed by atoms with van der Waals surface area (Å²) in [5, 5.41) is 21.4. The van der Waals surface area contributed by atoms with Crippen molar-refractivity contribution in [3.05, 3.63) is 93.7 Å². The van der Waals surface area contributed by atoms with Gasteiger partial charge in [-0.3, -0.25) is 19.5 Å². The van der Waals surface area contributed by atoms with Crippen LogP contribution in [-0.4, -0.2) is 26.9 Å². The Balaban J connectivity index is 1.97. The van der Waals surface area contributed by atoms with Crippen LogP contribution in [0.15, 0.2) is 72.6 Å². The summed E-state index contributed by atoms with van der Waals surface area (Å²) in [4.78, 5) is 31.1. The molecule has 1 saturated heterocycles. The Hall–Kier alpha value is -3.35. The lowest BCUT2D eigenvalue weighted by Crippen LogP contribution is -2.29. The Morgan fingerprint density at radius 1 is 0.967 bits per heavy atom. The van der Waals surface area contributed by atoms with Crippen molar-refractivity contribution < 1.29 is 19.8 Å². The predicted molar refractivity (Wildman–Crippen MR) is 114 cm³/mol. The van der Waals surface area contributed by atoms with Crippen LogP contribution in [-0.2, 0) is 9.59 Å². The van der Waals surface area contributed by atoms with Crippen LogP contribution in [0.3, 0.4) is 0 Å². The molecule has 6 nitrogen and oxygen atoms in total. The molecule has 1 atom stereocenters. The number of ketones is 1. The van der Waals surface area contributed by atoms with Crippen LogP contribution in [0, 0.1) is 0 Å². The molecule has 0 spiro atoms. The van der Waals surface area contributed by atoms with Crippen LogP contribution in [0.4, 0.5) is 5.69 Å². The number of amides is 1. The number of phenols is 1. The average Bonchev–Trinajstić information content (AvgIpc) is 3.01. The minimum absolute atomic E-state index is 0.0452. The van der Waals surface area contributed by atoms with Gasteiger partial charge in [0.2, 0.25) is 0 Å². The molecule has 0 saturated carbocycles. The lowest BCUT2D eigenvalue weighted by atomic mass is 9.95. The van der Waals surface area contributed by atoms with E-state index < -0.39 is 17.7 Å². The number of carbonyl (C=O) groups excluding carboxylic acids is 2. The lowest BCUT2D eigenvalue weighted by molar-refractivity contribution is -0.132. The van der Waals surface area contributed by atoms with Gasteiger partial charge in [0, 0.05) is 23.6 Å². The molecule has 8 heteroatoms. The summed E-state index contributed by atoms with van der Waals surface area (Å²) in [6.07, 6.45) is 2.93. The first-order valence-corrected chi connectivity index (χ1v) is 9.59. The average molecular weight is 441 g/mol. The number of carbonyl (C=O) groups is 2. The highest BCUT2D eigenvalue weighted by molar-refractivity contribution is 6.52. The molecule has 1 aliphatic heterocycles. The van der Waals surface area contributed by atoms with Gasteiger partial charge in [-0.25, -0.2) is 0 Å². The zero-order valence-corrected chi connectivity index (χ0v) is 16.8. The number of aromatic hydroxyl groups is 1. The van der Waals surface area contributed by atoms with E-state index in [1.54, 1.807) is 18.2 Å². The topological polar surface area (TPSA) is 90.7 Å². The van der Waals surface area contributed by atoms with Gasteiger partial charge in [-0.1, -0.05) is 35.3 Å². The van der Waals surface area contributed by atoms with Crippen LogP contribution in [0.1, 0.15) is 17.2 Å². The fraction of sp³-hybridized carbons (Fsp3) is 0.0455. The number of Topliss-reactive ketones (excluding diaryl/α,β-unsaturated/α-hetero) is 1. The van der Waals surface area contributed by atoms with E-state index in [9.17, 15) is 19.8 Å². The maximum atomic E-state index is 13.0. The number of aliphatic hydroxyl groups is 1. The van der Waals surface area contributed by atoms with E-state index in [1.807, 2.05) is 0 Å². The smallest absolute Gasteiger partial charge is 0.300 e. The Labute approximate surface area is 181 Å². The first-order valence-electron chi connectivity index (χ1n) is 8.84. The van der Waals surface area contributed by atoms with Crippen LogP contribution in [0.25, 0.3) is 5.76 Å². The maximum absolute atomic E-state index is 13.0. The Morgan fingerprint density at radius 2 is 1.70 bits per heavy atom. The second kappa shape index (κ2) is 7.82. The standard InChI is InChI=1S/C22H14Cl2N2O4/c23-16-5-4-14(11-17(16)24)26-19(13-2-1-3-15(27)10-13)18(21(29)22(26)30)20(28)12-6-8-25-9-7-12/h1-11,19,27-28H/b20-18+. The summed E-state index contributed by atoms with van der Waals surface area (Å²) in [7, 11) is 0. The first kappa shape index (κ1) is 19.9. The van der Waals surface area contributed by atoms with E-state index in [-0.39, 0.29) is 22.1 Å². The van der Waals surface area contributed by atoms with Gasteiger partial charge in [0.15, 0.2) is 0 Å². The molecule has 1 fully saturated rings. The van der Waals surface area contributed by atoms with Crippen molar-refractivity contribution >= 4 is 46.3 Å². The van der Waals surface area contributed by atoms with Crippen molar-refractivity contribution in [1.82, 2.24) is 4.98 Å². The summed E-state index contributed by atoms with van der Waals surface area (Å²) < 4.78 is 0. The Morgan fingerprint density at radius 3 is 2.37 bits per heavy atom. The second-order valence-electron chi connectivity index (χ2n) is 6.60. The van der Waals surface area contributed by atoms with Crippen LogP contribution in [0.5, 0.6) is 5.75 Å². The van der Waals surface area contributed by atoms with E-state index >= 15 is 0 Å². The van der Waals surface area contributed by atoms with Gasteiger partial charge in [0.25, 0.3) is 11.7 Å². The Bertz CT molecular complexity index is 1190. The Kier molecular flexibility index (Phi) is 5.20. The fourth-order valence-corrected chi connectivity index (χ4v) is 3.70. The molecule has 2 N–H and O–H groups in total. The molecule has 150 valence electrons. The third-order valence-electron chi connectivity index (χ3n) is 4.77. The summed E-state index contributed by atoms with van der Waals surface area (Å²) in [5.41, 5.74) is 0.995. The van der Waals surface area contributed by atoms with Crippen LogP contribution >= 0.6 is 23.2 Å². The number of phenolic OH excluding ortho intramolecular Hbond substituents is 1. The number of hydrogen-bond acceptors (Lipinski definition) is 5. The molecule has 1 unspecified atom stereocenters. The number of anilines is 1. The number of pyridine rings is 1. The van der Waals surface area contributed by atoms with Gasteiger partial charge in [0.1, 0.15) is 11.5 Å². The molecular formula is C22H14Cl2N2O4. The minimum Gasteiger partial charge on any atom is -0.508 e. The molecule has 2 heterocycles. The van der Waals surface area contributed by atoms with Gasteiger partial charge in [0.05, 0.1) is 21.7 Å². The minimum atomic E-state index is -0.984. The summed E-state index contributed by atoms with van der Waals surface area (Å²) in [5.74, 6) is -2.08. The molecule has 4 rings (SSSR count). The fourth-order valence-electron chi connectivity index (χ4n) is 3.41. The molecule has 30 heavy (non-hydrogen) atoms. The van der Waals surface area contributed by atoms with Crippen LogP contribution < -0.4 is 4.90 Å². The van der Waals surface area contributed by atoms with Gasteiger partial charge >= 0.3 is 0 Å². The largest absolute Gasteiger partial charge is 0.508 e. The highest BCUT2D eigenvalue weighted by Gasteiger charge is 2.47. The van der Waals surface area contributed by atoms with Gasteiger partial charge < -0.3 is 10.2 Å². The number of halogens is 2. The van der Waals surface area contributed by atoms with E-state index in [0.717, 1.165) is 0 Å². The second-order valence-corrected chi connectivity index (χ2v) is 7.41. The normalized spacial score (nSPS) is 18.1. The van der Waals surface area contributed by atoms with Gasteiger partial charge in [-0.15, -0.1) is 0 Å². The van der Waals surface area contributed by atoms with Gasteiger partial charge in [-0.05, 0) is 48.0 Å². The third-order valence-corrected chi connectivity index (χ3v) is 5.50. The maximum Gasteiger partial charge on any atom is 0.300 e. The van der Waals surface area contributed by atoms with Crippen molar-refractivity contribution in [2.75, 3.05) is 4.90 Å².